The number of rotatable bonds is 12. The van der Waals surface area contributed by atoms with Crippen LogP contribution >= 0.6 is 0 Å². The molecule has 202 valence electrons. The standard InChI is InChI=1S/C28H32FN3O5S/c1-4-30-28(34)21(3)31(19-22-13-9-10-16-24(22)29)27(33)20-32(25-17-11-12-18-26(25)37-5-2)38(35,36)23-14-7-6-8-15-23/h6-18,21H,4-5,19-20H2,1-3H3,(H,30,34)/t21-/m1/s1. The van der Waals surface area contributed by atoms with E-state index in [4.69, 9.17) is 4.74 Å². The number of nitrogens with one attached hydrogen (secondary N) is 1. The van der Waals surface area contributed by atoms with Crippen molar-refractivity contribution < 1.29 is 27.1 Å². The monoisotopic (exact) mass is 541 g/mol. The number of halogens is 1. The molecule has 10 heteroatoms. The SMILES string of the molecule is CCNC(=O)[C@@H](C)N(Cc1ccccc1F)C(=O)CN(c1ccccc1OCC)S(=O)(=O)c1ccccc1. The minimum atomic E-state index is -4.23. The molecule has 0 unspecified atom stereocenters. The van der Waals surface area contributed by atoms with Crippen LogP contribution in [0.25, 0.3) is 0 Å². The van der Waals surface area contributed by atoms with E-state index in [-0.39, 0.29) is 35.0 Å². The molecular weight excluding hydrogens is 509 g/mol. The number of anilines is 1. The zero-order valence-electron chi connectivity index (χ0n) is 21.6. The number of para-hydroxylation sites is 2. The average molecular weight is 542 g/mol. The van der Waals surface area contributed by atoms with Gasteiger partial charge >= 0.3 is 0 Å². The van der Waals surface area contributed by atoms with Crippen molar-refractivity contribution >= 4 is 27.5 Å². The highest BCUT2D eigenvalue weighted by atomic mass is 32.2. The van der Waals surface area contributed by atoms with Gasteiger partial charge in [-0.25, -0.2) is 12.8 Å². The summed E-state index contributed by atoms with van der Waals surface area (Å²) in [4.78, 5) is 27.7. The van der Waals surface area contributed by atoms with E-state index in [1.165, 1.54) is 42.2 Å². The summed E-state index contributed by atoms with van der Waals surface area (Å²) in [5.41, 5.74) is 0.368. The van der Waals surface area contributed by atoms with Crippen molar-refractivity contribution in [1.29, 1.82) is 0 Å². The van der Waals surface area contributed by atoms with E-state index >= 15 is 0 Å². The van der Waals surface area contributed by atoms with Crippen LogP contribution in [0.1, 0.15) is 26.3 Å². The second-order valence-electron chi connectivity index (χ2n) is 8.41. The molecule has 0 heterocycles. The number of hydrogen-bond acceptors (Lipinski definition) is 5. The lowest BCUT2D eigenvalue weighted by Crippen LogP contribution is -2.51. The summed E-state index contributed by atoms with van der Waals surface area (Å²) in [6.07, 6.45) is 0. The molecular formula is C28H32FN3O5S. The van der Waals surface area contributed by atoms with Crippen LogP contribution < -0.4 is 14.4 Å². The van der Waals surface area contributed by atoms with Gasteiger partial charge in [-0.1, -0.05) is 48.5 Å². The first-order chi connectivity index (χ1) is 18.2. The van der Waals surface area contributed by atoms with Gasteiger partial charge in [0.05, 0.1) is 17.2 Å². The molecule has 38 heavy (non-hydrogen) atoms. The number of sulfonamides is 1. The fourth-order valence-corrected chi connectivity index (χ4v) is 5.33. The molecule has 1 N–H and O–H groups in total. The Kier molecular flexibility index (Phi) is 9.84. The van der Waals surface area contributed by atoms with Gasteiger partial charge < -0.3 is 15.0 Å². The maximum Gasteiger partial charge on any atom is 0.264 e. The molecule has 0 bridgehead atoms. The van der Waals surface area contributed by atoms with Gasteiger partial charge in [0.25, 0.3) is 10.0 Å². The number of amides is 2. The number of carbonyl (C=O) groups excluding carboxylic acids is 2. The summed E-state index contributed by atoms with van der Waals surface area (Å²) in [6, 6.07) is 19.2. The molecule has 0 aliphatic carbocycles. The molecule has 8 nitrogen and oxygen atoms in total. The summed E-state index contributed by atoms with van der Waals surface area (Å²) in [5, 5.41) is 2.67. The number of carbonyl (C=O) groups is 2. The van der Waals surface area contributed by atoms with E-state index in [1.807, 2.05) is 0 Å². The maximum atomic E-state index is 14.5. The van der Waals surface area contributed by atoms with E-state index in [2.05, 4.69) is 5.32 Å². The van der Waals surface area contributed by atoms with E-state index in [0.717, 1.165) is 4.31 Å². The van der Waals surface area contributed by atoms with Crippen LogP contribution in [0, 0.1) is 5.82 Å². The highest BCUT2D eigenvalue weighted by Crippen LogP contribution is 2.32. The van der Waals surface area contributed by atoms with Crippen LogP contribution in [0.4, 0.5) is 10.1 Å². The number of likely N-dealkylation sites (N-methyl/N-ethyl adjacent to an activating group) is 1. The molecule has 0 radical (unpaired) electrons. The molecule has 2 amide bonds. The first kappa shape index (κ1) is 28.6. The Morgan fingerprint density at radius 3 is 2.24 bits per heavy atom. The van der Waals surface area contributed by atoms with E-state index in [9.17, 15) is 22.4 Å². The van der Waals surface area contributed by atoms with Crippen LogP contribution in [0.3, 0.4) is 0 Å². The van der Waals surface area contributed by atoms with Crippen LogP contribution in [0.2, 0.25) is 0 Å². The highest BCUT2D eigenvalue weighted by Gasteiger charge is 2.33. The Labute approximate surface area is 223 Å². The van der Waals surface area contributed by atoms with Gasteiger partial charge in [-0.2, -0.15) is 0 Å². The number of ether oxygens (including phenoxy) is 1. The molecule has 0 aliphatic heterocycles. The molecule has 0 saturated heterocycles. The Morgan fingerprint density at radius 2 is 1.58 bits per heavy atom. The van der Waals surface area contributed by atoms with Crippen molar-refractivity contribution in [2.75, 3.05) is 24.0 Å². The van der Waals surface area contributed by atoms with Crippen molar-refractivity contribution in [2.24, 2.45) is 0 Å². The molecule has 0 aromatic heterocycles. The van der Waals surface area contributed by atoms with Crippen LogP contribution in [-0.2, 0) is 26.2 Å². The van der Waals surface area contributed by atoms with Gasteiger partial charge in [0.15, 0.2) is 0 Å². The summed E-state index contributed by atoms with van der Waals surface area (Å²) in [6.45, 7) is 4.77. The van der Waals surface area contributed by atoms with Crippen LogP contribution in [-0.4, -0.2) is 50.9 Å². The Balaban J connectivity index is 2.08. The first-order valence-electron chi connectivity index (χ1n) is 12.3. The molecule has 1 atom stereocenters. The lowest BCUT2D eigenvalue weighted by molar-refractivity contribution is -0.139. The third kappa shape index (κ3) is 6.69. The van der Waals surface area contributed by atoms with E-state index < -0.39 is 40.2 Å². The first-order valence-corrected chi connectivity index (χ1v) is 13.7. The predicted octanol–water partition coefficient (Wildman–Crippen LogP) is 3.97. The normalized spacial score (nSPS) is 11.9. The third-order valence-electron chi connectivity index (χ3n) is 5.86. The minimum absolute atomic E-state index is 0.0171. The summed E-state index contributed by atoms with van der Waals surface area (Å²) in [7, 11) is -4.23. The minimum Gasteiger partial charge on any atom is -0.492 e. The Morgan fingerprint density at radius 1 is 0.947 bits per heavy atom. The topological polar surface area (TPSA) is 96.0 Å². The van der Waals surface area contributed by atoms with Crippen molar-refractivity contribution in [1.82, 2.24) is 10.2 Å². The van der Waals surface area contributed by atoms with Crippen molar-refractivity contribution in [3.05, 3.63) is 90.2 Å². The second-order valence-corrected chi connectivity index (χ2v) is 10.3. The van der Waals surface area contributed by atoms with Gasteiger partial charge in [0.2, 0.25) is 11.8 Å². The van der Waals surface area contributed by atoms with E-state index in [0.29, 0.717) is 6.54 Å². The molecule has 3 aromatic rings. The molecule has 3 aromatic carbocycles. The smallest absolute Gasteiger partial charge is 0.264 e. The molecule has 0 spiro atoms. The summed E-state index contributed by atoms with van der Waals surface area (Å²) >= 11 is 0. The lowest BCUT2D eigenvalue weighted by Gasteiger charge is -2.32. The van der Waals surface area contributed by atoms with Crippen molar-refractivity contribution in [3.63, 3.8) is 0 Å². The molecule has 0 saturated carbocycles. The Bertz CT molecular complexity index is 1350. The number of hydrogen-bond donors (Lipinski definition) is 1. The molecule has 0 aliphatic rings. The largest absolute Gasteiger partial charge is 0.492 e. The van der Waals surface area contributed by atoms with Crippen molar-refractivity contribution in [3.8, 4) is 5.75 Å². The Hall–Kier alpha value is -3.92. The van der Waals surface area contributed by atoms with Gasteiger partial charge in [-0.05, 0) is 51.1 Å². The zero-order valence-corrected chi connectivity index (χ0v) is 22.4. The average Bonchev–Trinajstić information content (AvgIpc) is 2.92. The molecule has 3 rings (SSSR count). The zero-order chi connectivity index (χ0) is 27.7. The lowest BCUT2D eigenvalue weighted by atomic mass is 10.1. The quantitative estimate of drug-likeness (QED) is 0.374. The second kappa shape index (κ2) is 13.0. The third-order valence-corrected chi connectivity index (χ3v) is 7.63. The summed E-state index contributed by atoms with van der Waals surface area (Å²) in [5.74, 6) is -1.38. The molecule has 0 fully saturated rings. The van der Waals surface area contributed by atoms with E-state index in [1.54, 1.807) is 62.4 Å². The fraction of sp³-hybridized carbons (Fsp3) is 0.286. The van der Waals surface area contributed by atoms with Crippen molar-refractivity contribution in [2.45, 2.75) is 38.3 Å². The van der Waals surface area contributed by atoms with Crippen LogP contribution in [0.5, 0.6) is 5.75 Å². The van der Waals surface area contributed by atoms with Gasteiger partial charge in [0.1, 0.15) is 24.2 Å². The summed E-state index contributed by atoms with van der Waals surface area (Å²) < 4.78 is 48.8. The van der Waals surface area contributed by atoms with Gasteiger partial charge in [0, 0.05) is 18.7 Å². The van der Waals surface area contributed by atoms with Crippen LogP contribution in [0.15, 0.2) is 83.8 Å². The number of nitrogens with zero attached hydrogens (tertiary/aromatic N) is 2. The van der Waals surface area contributed by atoms with Gasteiger partial charge in [-0.15, -0.1) is 0 Å². The predicted molar refractivity (Wildman–Crippen MR) is 144 cm³/mol. The number of benzene rings is 3. The van der Waals surface area contributed by atoms with Gasteiger partial charge in [-0.3, -0.25) is 13.9 Å². The maximum absolute atomic E-state index is 14.5. The fourth-order valence-electron chi connectivity index (χ4n) is 3.89. The highest BCUT2D eigenvalue weighted by molar-refractivity contribution is 7.92.